The number of β-amino-alcohol motifs (C(OH)–C–C–N with tert-alkyl or cyclic N) is 1. The number of carboxylic acids is 1. The zero-order chi connectivity index (χ0) is 15.0. The summed E-state index contributed by atoms with van der Waals surface area (Å²) in [5.74, 6) is -0.440. The van der Waals surface area contributed by atoms with E-state index in [1.165, 1.54) is 24.2 Å². The zero-order valence-electron chi connectivity index (χ0n) is 12.3. The quantitative estimate of drug-likeness (QED) is 0.764. The summed E-state index contributed by atoms with van der Waals surface area (Å²) in [5, 5.41) is 19.0. The molecule has 6 nitrogen and oxygen atoms in total. The normalized spacial score (nSPS) is 36.4. The standard InChI is InChI=1S/C15H24N2O4/c18-11-8-13(14(19)20)17(9-11)15(21)16-7-3-5-10-4-1-2-6-12(10)16/h10-13,18H,1-9H2,(H,19,20)/t10?,11?,12?,13-/m0/s1. The van der Waals surface area contributed by atoms with Gasteiger partial charge in [0.2, 0.25) is 0 Å². The van der Waals surface area contributed by atoms with Gasteiger partial charge in [0.05, 0.1) is 6.10 Å². The van der Waals surface area contributed by atoms with Gasteiger partial charge < -0.3 is 20.0 Å². The van der Waals surface area contributed by atoms with E-state index in [2.05, 4.69) is 0 Å². The van der Waals surface area contributed by atoms with Gasteiger partial charge in [0, 0.05) is 25.6 Å². The summed E-state index contributed by atoms with van der Waals surface area (Å²) >= 11 is 0. The van der Waals surface area contributed by atoms with Crippen molar-refractivity contribution in [2.45, 2.75) is 63.1 Å². The molecule has 1 saturated carbocycles. The molecule has 3 fully saturated rings. The molecule has 2 aliphatic heterocycles. The molecule has 0 aromatic heterocycles. The number of aliphatic hydroxyl groups is 1. The first-order chi connectivity index (χ1) is 10.1. The van der Waals surface area contributed by atoms with Crippen molar-refractivity contribution >= 4 is 12.0 Å². The van der Waals surface area contributed by atoms with Crippen LogP contribution in [-0.4, -0.2) is 63.3 Å². The number of piperidine rings is 1. The Labute approximate surface area is 124 Å². The van der Waals surface area contributed by atoms with Gasteiger partial charge in [-0.15, -0.1) is 0 Å². The van der Waals surface area contributed by atoms with E-state index in [1.54, 1.807) is 0 Å². The van der Waals surface area contributed by atoms with Crippen molar-refractivity contribution in [3.8, 4) is 0 Å². The number of likely N-dealkylation sites (tertiary alicyclic amines) is 2. The maximum absolute atomic E-state index is 12.8. The van der Waals surface area contributed by atoms with E-state index in [9.17, 15) is 19.8 Å². The average molecular weight is 296 g/mol. The van der Waals surface area contributed by atoms with Crippen LogP contribution in [-0.2, 0) is 4.79 Å². The molecule has 21 heavy (non-hydrogen) atoms. The maximum Gasteiger partial charge on any atom is 0.326 e. The third-order valence-electron chi connectivity index (χ3n) is 5.30. The second-order valence-corrected chi connectivity index (χ2v) is 6.63. The first-order valence-electron chi connectivity index (χ1n) is 8.06. The highest BCUT2D eigenvalue weighted by atomic mass is 16.4. The summed E-state index contributed by atoms with van der Waals surface area (Å²) in [7, 11) is 0. The Morgan fingerprint density at radius 1 is 1.00 bits per heavy atom. The van der Waals surface area contributed by atoms with Gasteiger partial charge in [-0.05, 0) is 31.6 Å². The van der Waals surface area contributed by atoms with E-state index in [4.69, 9.17) is 0 Å². The molecule has 2 amide bonds. The highest BCUT2D eigenvalue weighted by Crippen LogP contribution is 2.36. The molecule has 2 N–H and O–H groups in total. The number of carboxylic acid groups (broad SMARTS) is 1. The predicted octanol–water partition coefficient (Wildman–Crippen LogP) is 1.28. The van der Waals surface area contributed by atoms with Crippen LogP contribution in [0.4, 0.5) is 4.79 Å². The molecule has 0 bridgehead atoms. The molecular weight excluding hydrogens is 272 g/mol. The fourth-order valence-electron chi connectivity index (χ4n) is 4.29. The molecule has 0 aromatic carbocycles. The van der Waals surface area contributed by atoms with E-state index in [1.807, 2.05) is 4.90 Å². The Morgan fingerprint density at radius 2 is 1.71 bits per heavy atom. The van der Waals surface area contributed by atoms with E-state index in [0.29, 0.717) is 5.92 Å². The number of carbonyl (C=O) groups excluding carboxylic acids is 1. The molecule has 3 aliphatic rings. The molecular formula is C15H24N2O4. The average Bonchev–Trinajstić information content (AvgIpc) is 2.88. The summed E-state index contributed by atoms with van der Waals surface area (Å²) < 4.78 is 0. The van der Waals surface area contributed by atoms with Crippen LogP contribution < -0.4 is 0 Å². The van der Waals surface area contributed by atoms with E-state index >= 15 is 0 Å². The summed E-state index contributed by atoms with van der Waals surface area (Å²) in [6, 6.07) is -0.792. The van der Waals surface area contributed by atoms with Crippen LogP contribution in [0.5, 0.6) is 0 Å². The number of fused-ring (bicyclic) bond motifs is 1. The third kappa shape index (κ3) is 2.73. The van der Waals surface area contributed by atoms with E-state index < -0.39 is 18.1 Å². The Balaban J connectivity index is 1.75. The van der Waals surface area contributed by atoms with Gasteiger partial charge in [-0.2, -0.15) is 0 Å². The minimum Gasteiger partial charge on any atom is -0.480 e. The molecule has 3 unspecified atom stereocenters. The van der Waals surface area contributed by atoms with Crippen LogP contribution in [0, 0.1) is 5.92 Å². The van der Waals surface area contributed by atoms with Crippen LogP contribution in [0.1, 0.15) is 44.9 Å². The van der Waals surface area contributed by atoms with E-state index in [-0.39, 0.29) is 25.0 Å². The van der Waals surface area contributed by atoms with Crippen LogP contribution in [0.15, 0.2) is 0 Å². The summed E-state index contributed by atoms with van der Waals surface area (Å²) in [5.41, 5.74) is 0. The number of aliphatic carboxylic acids is 1. The topological polar surface area (TPSA) is 81.1 Å². The number of hydrogen-bond donors (Lipinski definition) is 2. The van der Waals surface area contributed by atoms with E-state index in [0.717, 1.165) is 25.8 Å². The van der Waals surface area contributed by atoms with Crippen molar-refractivity contribution in [1.29, 1.82) is 0 Å². The summed E-state index contributed by atoms with van der Waals surface area (Å²) in [6.07, 6.45) is 6.20. The van der Waals surface area contributed by atoms with Gasteiger partial charge in [-0.3, -0.25) is 0 Å². The van der Waals surface area contributed by atoms with Crippen molar-refractivity contribution in [2.75, 3.05) is 13.1 Å². The monoisotopic (exact) mass is 296 g/mol. The Kier molecular flexibility index (Phi) is 4.06. The highest BCUT2D eigenvalue weighted by Gasteiger charge is 2.44. The lowest BCUT2D eigenvalue weighted by atomic mass is 9.78. The van der Waals surface area contributed by atoms with Gasteiger partial charge in [0.1, 0.15) is 6.04 Å². The van der Waals surface area contributed by atoms with Crippen molar-refractivity contribution in [3.63, 3.8) is 0 Å². The lowest BCUT2D eigenvalue weighted by Crippen LogP contribution is -2.56. The van der Waals surface area contributed by atoms with Crippen LogP contribution in [0.25, 0.3) is 0 Å². The fourth-order valence-corrected chi connectivity index (χ4v) is 4.29. The predicted molar refractivity (Wildman–Crippen MR) is 75.8 cm³/mol. The molecule has 118 valence electrons. The smallest absolute Gasteiger partial charge is 0.326 e. The number of rotatable bonds is 1. The molecule has 3 rings (SSSR count). The molecule has 4 atom stereocenters. The Hall–Kier alpha value is -1.30. The fraction of sp³-hybridized carbons (Fsp3) is 0.867. The zero-order valence-corrected chi connectivity index (χ0v) is 12.3. The van der Waals surface area contributed by atoms with Gasteiger partial charge >= 0.3 is 12.0 Å². The van der Waals surface area contributed by atoms with Gasteiger partial charge in [0.15, 0.2) is 0 Å². The first-order valence-corrected chi connectivity index (χ1v) is 8.06. The number of aliphatic hydroxyl groups excluding tert-OH is 1. The van der Waals surface area contributed by atoms with Crippen molar-refractivity contribution in [3.05, 3.63) is 0 Å². The number of carbonyl (C=O) groups is 2. The number of nitrogens with zero attached hydrogens (tertiary/aromatic N) is 2. The minimum atomic E-state index is -1.02. The molecule has 1 aliphatic carbocycles. The minimum absolute atomic E-state index is 0.142. The third-order valence-corrected chi connectivity index (χ3v) is 5.30. The largest absolute Gasteiger partial charge is 0.480 e. The van der Waals surface area contributed by atoms with Gasteiger partial charge in [-0.1, -0.05) is 12.8 Å². The molecule has 2 saturated heterocycles. The molecule has 2 heterocycles. The molecule has 0 radical (unpaired) electrons. The van der Waals surface area contributed by atoms with Crippen LogP contribution in [0.2, 0.25) is 0 Å². The lowest BCUT2D eigenvalue weighted by Gasteiger charge is -2.45. The van der Waals surface area contributed by atoms with Gasteiger partial charge in [-0.25, -0.2) is 9.59 Å². The van der Waals surface area contributed by atoms with Gasteiger partial charge in [0.25, 0.3) is 0 Å². The Morgan fingerprint density at radius 3 is 2.48 bits per heavy atom. The van der Waals surface area contributed by atoms with Crippen LogP contribution in [0.3, 0.4) is 0 Å². The second kappa shape index (κ2) is 5.83. The van der Waals surface area contributed by atoms with Crippen molar-refractivity contribution in [2.24, 2.45) is 5.92 Å². The maximum atomic E-state index is 12.8. The lowest BCUT2D eigenvalue weighted by molar-refractivity contribution is -0.141. The highest BCUT2D eigenvalue weighted by molar-refractivity contribution is 5.83. The number of hydrogen-bond acceptors (Lipinski definition) is 3. The Bertz CT molecular complexity index is 426. The summed E-state index contributed by atoms with van der Waals surface area (Å²) in [6.45, 7) is 0.864. The van der Waals surface area contributed by atoms with Crippen molar-refractivity contribution < 1.29 is 19.8 Å². The molecule has 6 heteroatoms. The molecule has 0 spiro atoms. The summed E-state index contributed by atoms with van der Waals surface area (Å²) in [4.78, 5) is 27.4. The first kappa shape index (κ1) is 14.6. The molecule has 0 aromatic rings. The second-order valence-electron chi connectivity index (χ2n) is 6.63. The number of urea groups is 1. The SMILES string of the molecule is O=C(O)[C@@H]1CC(O)CN1C(=O)N1CCCC2CCCCC21. The number of amides is 2. The van der Waals surface area contributed by atoms with Crippen molar-refractivity contribution in [1.82, 2.24) is 9.80 Å². The van der Waals surface area contributed by atoms with Crippen LogP contribution >= 0.6 is 0 Å².